The molecule has 4 heteroatoms. The predicted molar refractivity (Wildman–Crippen MR) is 91.2 cm³/mol. The van der Waals surface area contributed by atoms with Crippen molar-refractivity contribution in [3.63, 3.8) is 0 Å². The van der Waals surface area contributed by atoms with Crippen molar-refractivity contribution in [2.24, 2.45) is 0 Å². The molecule has 118 valence electrons. The molecule has 0 spiro atoms. The van der Waals surface area contributed by atoms with E-state index in [9.17, 15) is 5.11 Å². The molecule has 0 aliphatic rings. The van der Waals surface area contributed by atoms with Gasteiger partial charge in [-0.25, -0.2) is 0 Å². The second-order valence-electron chi connectivity index (χ2n) is 4.89. The van der Waals surface area contributed by atoms with Gasteiger partial charge < -0.3 is 14.2 Å². The number of hydrogen-bond acceptors (Lipinski definition) is 3. The Morgan fingerprint density at radius 3 is 2.09 bits per heavy atom. The fourth-order valence-corrected chi connectivity index (χ4v) is 4.13. The fraction of sp³-hybridized carbons (Fsp3) is 0.333. The van der Waals surface area contributed by atoms with Crippen LogP contribution >= 0.6 is 8.38 Å². The van der Waals surface area contributed by atoms with Gasteiger partial charge in [0.15, 0.2) is 8.38 Å². The number of phenolic OH excluding ortho intramolecular Hbond substituents is 1. The van der Waals surface area contributed by atoms with E-state index in [-0.39, 0.29) is 5.66 Å². The molecule has 0 bridgehead atoms. The Bertz CT molecular complexity index is 553. The van der Waals surface area contributed by atoms with E-state index >= 15 is 0 Å². The molecule has 0 aliphatic heterocycles. The van der Waals surface area contributed by atoms with Crippen LogP contribution < -0.4 is 0 Å². The first-order valence-corrected chi connectivity index (χ1v) is 8.87. The Kier molecular flexibility index (Phi) is 6.85. The van der Waals surface area contributed by atoms with Gasteiger partial charge in [0, 0.05) is 5.56 Å². The quantitative estimate of drug-likeness (QED) is 0.691. The van der Waals surface area contributed by atoms with E-state index in [2.05, 4.69) is 12.1 Å². The number of hydrogen-bond donors (Lipinski definition) is 1. The van der Waals surface area contributed by atoms with Gasteiger partial charge in [-0.2, -0.15) is 0 Å². The maximum Gasteiger partial charge on any atom is 0.178 e. The van der Waals surface area contributed by atoms with Crippen molar-refractivity contribution < 1.29 is 14.2 Å². The molecule has 0 fully saturated rings. The van der Waals surface area contributed by atoms with E-state index in [0.717, 1.165) is 12.0 Å². The molecular weight excluding hydrogens is 295 g/mol. The topological polar surface area (TPSA) is 38.7 Å². The van der Waals surface area contributed by atoms with E-state index in [0.29, 0.717) is 19.0 Å². The fourth-order valence-electron chi connectivity index (χ4n) is 2.38. The summed E-state index contributed by atoms with van der Waals surface area (Å²) in [5, 5.41) is 10.2. The molecule has 0 saturated heterocycles. The van der Waals surface area contributed by atoms with Crippen LogP contribution in [0.2, 0.25) is 0 Å². The highest BCUT2D eigenvalue weighted by Crippen LogP contribution is 2.56. The normalized spacial score (nSPS) is 12.5. The smallest absolute Gasteiger partial charge is 0.178 e. The summed E-state index contributed by atoms with van der Waals surface area (Å²) in [6.45, 7) is 5.15. The zero-order valence-electron chi connectivity index (χ0n) is 13.1. The molecule has 0 aliphatic carbocycles. The molecular formula is C18H23O3P. The average Bonchev–Trinajstić information content (AvgIpc) is 2.54. The lowest BCUT2D eigenvalue weighted by atomic mass is 10.0. The molecule has 1 unspecified atom stereocenters. The average molecular weight is 318 g/mol. The van der Waals surface area contributed by atoms with E-state index in [4.69, 9.17) is 9.05 Å². The van der Waals surface area contributed by atoms with Crippen LogP contribution in [-0.4, -0.2) is 18.3 Å². The summed E-state index contributed by atoms with van der Waals surface area (Å²) < 4.78 is 11.7. The number of rotatable bonds is 8. The van der Waals surface area contributed by atoms with Crippen LogP contribution in [0.15, 0.2) is 54.6 Å². The van der Waals surface area contributed by atoms with E-state index in [1.807, 2.05) is 50.2 Å². The van der Waals surface area contributed by atoms with Gasteiger partial charge in [0.1, 0.15) is 5.75 Å². The number of aromatic hydroxyl groups is 1. The zero-order chi connectivity index (χ0) is 15.8. The highest BCUT2D eigenvalue weighted by atomic mass is 31.2. The molecule has 1 N–H and O–H groups in total. The van der Waals surface area contributed by atoms with Gasteiger partial charge in [-0.3, -0.25) is 0 Å². The Labute approximate surface area is 133 Å². The van der Waals surface area contributed by atoms with Crippen LogP contribution in [0.25, 0.3) is 0 Å². The summed E-state index contributed by atoms with van der Waals surface area (Å²) >= 11 is 0. The van der Waals surface area contributed by atoms with Crippen molar-refractivity contribution in [2.75, 3.05) is 13.2 Å². The molecule has 22 heavy (non-hydrogen) atoms. The van der Waals surface area contributed by atoms with Crippen LogP contribution in [0.5, 0.6) is 5.75 Å². The van der Waals surface area contributed by atoms with E-state index < -0.39 is 8.38 Å². The van der Waals surface area contributed by atoms with Crippen molar-refractivity contribution in [1.29, 1.82) is 0 Å². The van der Waals surface area contributed by atoms with Gasteiger partial charge in [-0.15, -0.1) is 0 Å². The number of para-hydroxylation sites is 1. The lowest BCUT2D eigenvalue weighted by Crippen LogP contribution is -2.06. The summed E-state index contributed by atoms with van der Waals surface area (Å²) in [4.78, 5) is 0. The highest BCUT2D eigenvalue weighted by molar-refractivity contribution is 7.47. The van der Waals surface area contributed by atoms with E-state index in [1.165, 1.54) is 5.56 Å². The first kappa shape index (κ1) is 17.0. The Morgan fingerprint density at radius 1 is 0.909 bits per heavy atom. The molecule has 0 radical (unpaired) electrons. The van der Waals surface area contributed by atoms with Crippen LogP contribution in [0, 0.1) is 0 Å². The molecule has 2 aromatic carbocycles. The van der Waals surface area contributed by atoms with Gasteiger partial charge >= 0.3 is 0 Å². The summed E-state index contributed by atoms with van der Waals surface area (Å²) in [6.07, 6.45) is 0.782. The van der Waals surface area contributed by atoms with Gasteiger partial charge in [0.05, 0.1) is 18.9 Å². The summed E-state index contributed by atoms with van der Waals surface area (Å²) in [6, 6.07) is 17.7. The van der Waals surface area contributed by atoms with E-state index in [1.54, 1.807) is 6.07 Å². The summed E-state index contributed by atoms with van der Waals surface area (Å²) in [7, 11) is -1.10. The molecule has 1 atom stereocenters. The minimum atomic E-state index is -1.10. The van der Waals surface area contributed by atoms with Crippen molar-refractivity contribution in [3.05, 3.63) is 65.7 Å². The lowest BCUT2D eigenvalue weighted by Gasteiger charge is -2.26. The largest absolute Gasteiger partial charge is 0.508 e. The summed E-state index contributed by atoms with van der Waals surface area (Å²) in [5.74, 6) is 0.301. The molecule has 0 aromatic heterocycles. The third-order valence-corrected chi connectivity index (χ3v) is 5.33. The Morgan fingerprint density at radius 2 is 1.50 bits per heavy atom. The van der Waals surface area contributed by atoms with Crippen LogP contribution in [-0.2, 0) is 15.5 Å². The molecule has 3 nitrogen and oxygen atoms in total. The van der Waals surface area contributed by atoms with Crippen molar-refractivity contribution in [3.8, 4) is 5.75 Å². The second kappa shape index (κ2) is 8.89. The van der Waals surface area contributed by atoms with Gasteiger partial charge in [0.25, 0.3) is 0 Å². The predicted octanol–water partition coefficient (Wildman–Crippen LogP) is 5.06. The second-order valence-corrected chi connectivity index (χ2v) is 6.60. The minimum absolute atomic E-state index is 0.0125. The van der Waals surface area contributed by atoms with Crippen LogP contribution in [0.3, 0.4) is 0 Å². The van der Waals surface area contributed by atoms with Crippen molar-refractivity contribution >= 4 is 8.38 Å². The van der Waals surface area contributed by atoms with Crippen LogP contribution in [0.4, 0.5) is 0 Å². The van der Waals surface area contributed by atoms with Crippen LogP contribution in [0.1, 0.15) is 30.6 Å². The summed E-state index contributed by atoms with van der Waals surface area (Å²) in [5.41, 5.74) is 2.11. The molecule has 2 rings (SSSR count). The lowest BCUT2D eigenvalue weighted by molar-refractivity contribution is 0.261. The van der Waals surface area contributed by atoms with Gasteiger partial charge in [-0.1, -0.05) is 48.5 Å². The molecule has 0 amide bonds. The molecule has 0 heterocycles. The Hall–Kier alpha value is -1.41. The van der Waals surface area contributed by atoms with Crippen molar-refractivity contribution in [2.45, 2.75) is 25.9 Å². The highest BCUT2D eigenvalue weighted by Gasteiger charge is 2.27. The maximum absolute atomic E-state index is 10.2. The standard InChI is InChI=1S/C18H23O3P/c1-3-20-22(21-4-2)18(14-15-10-6-5-7-11-15)16-12-8-9-13-17(16)19/h5-13,18-19H,3-4,14H2,1-2H3. The Balaban J connectivity index is 2.32. The van der Waals surface area contributed by atoms with Crippen molar-refractivity contribution in [1.82, 2.24) is 0 Å². The first-order chi connectivity index (χ1) is 10.8. The number of phenols is 1. The monoisotopic (exact) mass is 318 g/mol. The SMILES string of the molecule is CCOP(OCC)C(Cc1ccccc1)c1ccccc1O. The first-order valence-electron chi connectivity index (χ1n) is 7.63. The van der Waals surface area contributed by atoms with Gasteiger partial charge in [-0.05, 0) is 31.9 Å². The number of benzene rings is 2. The molecule has 0 saturated carbocycles. The van der Waals surface area contributed by atoms with Gasteiger partial charge in [0.2, 0.25) is 0 Å². The molecule has 2 aromatic rings. The maximum atomic E-state index is 10.2. The third-order valence-electron chi connectivity index (χ3n) is 3.33. The third kappa shape index (κ3) is 4.54. The minimum Gasteiger partial charge on any atom is -0.508 e. The zero-order valence-corrected chi connectivity index (χ0v) is 14.0.